The molecule has 0 atom stereocenters. The second kappa shape index (κ2) is 6.02. The normalized spacial score (nSPS) is 14.7. The highest BCUT2D eigenvalue weighted by atomic mass is 15.3. The van der Waals surface area contributed by atoms with Gasteiger partial charge in [-0.15, -0.1) is 0 Å². The molecule has 1 aromatic carbocycles. The molecule has 0 saturated heterocycles. The fourth-order valence-electron chi connectivity index (χ4n) is 2.33. The third-order valence-electron chi connectivity index (χ3n) is 3.65. The molecule has 1 fully saturated rings. The van der Waals surface area contributed by atoms with Crippen molar-refractivity contribution in [3.05, 3.63) is 48.3 Å². The summed E-state index contributed by atoms with van der Waals surface area (Å²) in [5, 5.41) is 7.90. The summed E-state index contributed by atoms with van der Waals surface area (Å²) in [5.74, 6) is 1.04. The lowest BCUT2D eigenvalue weighted by Crippen LogP contribution is -2.14. The monoisotopic (exact) mass is 255 g/mol. The quantitative estimate of drug-likeness (QED) is 0.770. The molecule has 19 heavy (non-hydrogen) atoms. The number of rotatable bonds is 7. The molecule has 3 heteroatoms. The van der Waals surface area contributed by atoms with Gasteiger partial charge in [0.15, 0.2) is 0 Å². The Morgan fingerprint density at radius 1 is 1.21 bits per heavy atom. The first-order chi connectivity index (χ1) is 9.42. The van der Waals surface area contributed by atoms with E-state index in [1.807, 2.05) is 29.1 Å². The number of nitrogens with one attached hydrogen (secondary N) is 1. The summed E-state index contributed by atoms with van der Waals surface area (Å²) in [6.45, 7) is 2.03. The minimum atomic E-state index is 0.914. The average Bonchev–Trinajstić information content (AvgIpc) is 3.16. The molecule has 1 aliphatic rings. The molecule has 3 nitrogen and oxygen atoms in total. The third-order valence-corrected chi connectivity index (χ3v) is 3.65. The molecule has 3 rings (SSSR count). The van der Waals surface area contributed by atoms with Gasteiger partial charge in [-0.25, -0.2) is 4.68 Å². The highest BCUT2D eigenvalue weighted by molar-refractivity contribution is 5.30. The molecule has 1 aliphatic carbocycles. The summed E-state index contributed by atoms with van der Waals surface area (Å²) >= 11 is 0. The van der Waals surface area contributed by atoms with Gasteiger partial charge in [-0.3, -0.25) is 0 Å². The highest BCUT2D eigenvalue weighted by Gasteiger charge is 2.19. The lowest BCUT2D eigenvalue weighted by atomic mass is 10.2. The van der Waals surface area contributed by atoms with Gasteiger partial charge in [0.25, 0.3) is 0 Å². The first-order valence-electron chi connectivity index (χ1n) is 7.21. The van der Waals surface area contributed by atoms with Crippen molar-refractivity contribution in [3.63, 3.8) is 0 Å². The molecule has 1 saturated carbocycles. The smallest absolute Gasteiger partial charge is 0.0645 e. The Morgan fingerprint density at radius 2 is 2.05 bits per heavy atom. The summed E-state index contributed by atoms with van der Waals surface area (Å²) in [6.07, 6.45) is 9.67. The fraction of sp³-hybridized carbons (Fsp3) is 0.438. The van der Waals surface area contributed by atoms with E-state index in [-0.39, 0.29) is 0 Å². The molecular formula is C16H21N3. The second-order valence-electron chi connectivity index (χ2n) is 5.39. The van der Waals surface area contributed by atoms with Crippen LogP contribution in [0.25, 0.3) is 5.69 Å². The topological polar surface area (TPSA) is 29.9 Å². The molecule has 0 radical (unpaired) electrons. The van der Waals surface area contributed by atoms with Crippen LogP contribution in [0, 0.1) is 5.92 Å². The Bertz CT molecular complexity index is 500. The van der Waals surface area contributed by atoms with Crippen LogP contribution in [0.3, 0.4) is 0 Å². The highest BCUT2D eigenvalue weighted by Crippen LogP contribution is 2.33. The van der Waals surface area contributed by atoms with E-state index in [4.69, 9.17) is 0 Å². The zero-order valence-corrected chi connectivity index (χ0v) is 11.3. The van der Waals surface area contributed by atoms with E-state index in [2.05, 4.69) is 28.7 Å². The van der Waals surface area contributed by atoms with Crippen molar-refractivity contribution in [2.45, 2.75) is 32.2 Å². The fourth-order valence-corrected chi connectivity index (χ4v) is 2.33. The predicted octanol–water partition coefficient (Wildman–Crippen LogP) is 3.15. The first-order valence-corrected chi connectivity index (χ1v) is 7.21. The van der Waals surface area contributed by atoms with Crippen LogP contribution in [0.15, 0.2) is 42.7 Å². The maximum Gasteiger partial charge on any atom is 0.0645 e. The molecule has 1 heterocycles. The maximum absolute atomic E-state index is 4.40. The van der Waals surface area contributed by atoms with Gasteiger partial charge in [0.2, 0.25) is 0 Å². The molecular weight excluding hydrogens is 234 g/mol. The van der Waals surface area contributed by atoms with Crippen LogP contribution in [0.4, 0.5) is 0 Å². The van der Waals surface area contributed by atoms with Crippen molar-refractivity contribution in [2.24, 2.45) is 5.92 Å². The number of nitrogens with zero attached hydrogens (tertiary/aromatic N) is 2. The summed E-state index contributed by atoms with van der Waals surface area (Å²) < 4.78 is 1.93. The van der Waals surface area contributed by atoms with E-state index < -0.39 is 0 Å². The Hall–Kier alpha value is -1.61. The van der Waals surface area contributed by atoms with Crippen molar-refractivity contribution < 1.29 is 0 Å². The van der Waals surface area contributed by atoms with Gasteiger partial charge in [0.1, 0.15) is 0 Å². The van der Waals surface area contributed by atoms with Crippen LogP contribution in [0.5, 0.6) is 0 Å². The SMILES string of the molecule is c1ccc(-n2cc(CNCCCC3CC3)cn2)cc1. The van der Waals surface area contributed by atoms with E-state index in [0.29, 0.717) is 0 Å². The predicted molar refractivity (Wildman–Crippen MR) is 77.2 cm³/mol. The molecule has 0 bridgehead atoms. The zero-order valence-electron chi connectivity index (χ0n) is 11.3. The van der Waals surface area contributed by atoms with Crippen molar-refractivity contribution in [2.75, 3.05) is 6.54 Å². The summed E-state index contributed by atoms with van der Waals surface area (Å²) in [7, 11) is 0. The molecule has 2 aromatic rings. The number of para-hydroxylation sites is 1. The first kappa shape index (κ1) is 12.4. The van der Waals surface area contributed by atoms with Crippen molar-refractivity contribution >= 4 is 0 Å². The number of aromatic nitrogens is 2. The van der Waals surface area contributed by atoms with Gasteiger partial charge in [0, 0.05) is 18.3 Å². The van der Waals surface area contributed by atoms with E-state index in [1.54, 1.807) is 0 Å². The zero-order chi connectivity index (χ0) is 12.9. The third kappa shape index (κ3) is 3.67. The Morgan fingerprint density at radius 3 is 2.84 bits per heavy atom. The molecule has 0 spiro atoms. The number of benzene rings is 1. The van der Waals surface area contributed by atoms with Crippen LogP contribution >= 0.6 is 0 Å². The van der Waals surface area contributed by atoms with Crippen LogP contribution in [0.2, 0.25) is 0 Å². The minimum absolute atomic E-state index is 0.914. The number of hydrogen-bond donors (Lipinski definition) is 1. The van der Waals surface area contributed by atoms with E-state index in [9.17, 15) is 0 Å². The van der Waals surface area contributed by atoms with Gasteiger partial charge in [-0.05, 0) is 37.4 Å². The van der Waals surface area contributed by atoms with Gasteiger partial charge in [-0.2, -0.15) is 5.10 Å². The average molecular weight is 255 g/mol. The van der Waals surface area contributed by atoms with Gasteiger partial charge >= 0.3 is 0 Å². The van der Waals surface area contributed by atoms with Gasteiger partial charge in [-0.1, -0.05) is 31.0 Å². The molecule has 1 N–H and O–H groups in total. The van der Waals surface area contributed by atoms with Crippen LogP contribution in [-0.2, 0) is 6.54 Å². The lowest BCUT2D eigenvalue weighted by Gasteiger charge is -2.02. The molecule has 1 aromatic heterocycles. The lowest BCUT2D eigenvalue weighted by molar-refractivity contribution is 0.594. The van der Waals surface area contributed by atoms with Crippen LogP contribution in [0.1, 0.15) is 31.2 Å². The van der Waals surface area contributed by atoms with Crippen molar-refractivity contribution in [1.82, 2.24) is 15.1 Å². The molecule has 0 amide bonds. The van der Waals surface area contributed by atoms with Crippen LogP contribution in [-0.4, -0.2) is 16.3 Å². The van der Waals surface area contributed by atoms with Crippen molar-refractivity contribution in [1.29, 1.82) is 0 Å². The van der Waals surface area contributed by atoms with E-state index >= 15 is 0 Å². The Balaban J connectivity index is 1.45. The molecule has 0 aliphatic heterocycles. The van der Waals surface area contributed by atoms with Gasteiger partial charge in [0.05, 0.1) is 11.9 Å². The second-order valence-corrected chi connectivity index (χ2v) is 5.39. The van der Waals surface area contributed by atoms with E-state index in [0.717, 1.165) is 24.7 Å². The Kier molecular flexibility index (Phi) is 3.94. The standard InChI is InChI=1S/C16H21N3/c1-2-6-16(7-3-1)19-13-15(12-18-19)11-17-10-4-5-14-8-9-14/h1-3,6-7,12-14,17H,4-5,8-11H2. The summed E-state index contributed by atoms with van der Waals surface area (Å²) in [6, 6.07) is 10.2. The summed E-state index contributed by atoms with van der Waals surface area (Å²) in [4.78, 5) is 0. The van der Waals surface area contributed by atoms with Gasteiger partial charge < -0.3 is 5.32 Å². The van der Waals surface area contributed by atoms with E-state index in [1.165, 1.54) is 31.2 Å². The molecule has 0 unspecified atom stereocenters. The Labute approximate surface area is 114 Å². The largest absolute Gasteiger partial charge is 0.313 e. The maximum atomic E-state index is 4.40. The van der Waals surface area contributed by atoms with Crippen LogP contribution < -0.4 is 5.32 Å². The minimum Gasteiger partial charge on any atom is -0.313 e. The summed E-state index contributed by atoms with van der Waals surface area (Å²) in [5.41, 5.74) is 2.36. The molecule has 100 valence electrons. The number of hydrogen-bond acceptors (Lipinski definition) is 2. The van der Waals surface area contributed by atoms with Crippen molar-refractivity contribution in [3.8, 4) is 5.69 Å².